The van der Waals surface area contributed by atoms with E-state index in [0.717, 1.165) is 10.4 Å². The number of methoxy groups -OCH3 is 1. The van der Waals surface area contributed by atoms with Crippen LogP contribution in [0.1, 0.15) is 12.8 Å². The monoisotopic (exact) mass is 314 g/mol. The molecule has 0 saturated carbocycles. The van der Waals surface area contributed by atoms with Gasteiger partial charge in [0.1, 0.15) is 6.04 Å². The van der Waals surface area contributed by atoms with Crippen molar-refractivity contribution < 1.29 is 22.9 Å². The van der Waals surface area contributed by atoms with Crippen molar-refractivity contribution >= 4 is 21.7 Å². The largest absolute Gasteiger partial charge is 0.468 e. The topological polar surface area (TPSA) is 107 Å². The molecule has 1 aromatic rings. The lowest BCUT2D eigenvalue weighted by Gasteiger charge is -2.21. The van der Waals surface area contributed by atoms with Crippen LogP contribution in [0.5, 0.6) is 0 Å². The summed E-state index contributed by atoms with van der Waals surface area (Å²) in [5.74, 6) is -0.624. The summed E-state index contributed by atoms with van der Waals surface area (Å²) in [5, 5.41) is 10.7. The molecule has 0 N–H and O–H groups in total. The SMILES string of the molecule is COC(=O)[C@@H]1CCCN1S(=O)(=O)c1cccc([N+](=O)[O-])c1. The van der Waals surface area contributed by atoms with Gasteiger partial charge in [-0.3, -0.25) is 14.9 Å². The summed E-state index contributed by atoms with van der Waals surface area (Å²) >= 11 is 0. The van der Waals surface area contributed by atoms with E-state index in [1.54, 1.807) is 0 Å². The molecule has 1 aliphatic rings. The van der Waals surface area contributed by atoms with Crippen molar-refractivity contribution in [2.75, 3.05) is 13.7 Å². The van der Waals surface area contributed by atoms with Gasteiger partial charge in [-0.25, -0.2) is 8.42 Å². The molecule has 9 heteroatoms. The first-order valence-electron chi connectivity index (χ1n) is 6.22. The molecule has 1 fully saturated rings. The van der Waals surface area contributed by atoms with Crippen LogP contribution in [0.3, 0.4) is 0 Å². The normalized spacial score (nSPS) is 19.4. The summed E-state index contributed by atoms with van der Waals surface area (Å²) in [7, 11) is -2.78. The third-order valence-corrected chi connectivity index (χ3v) is 5.22. The van der Waals surface area contributed by atoms with E-state index in [-0.39, 0.29) is 17.1 Å². The molecule has 114 valence electrons. The molecule has 0 aliphatic carbocycles. The van der Waals surface area contributed by atoms with Gasteiger partial charge in [-0.15, -0.1) is 0 Å². The molecular formula is C12H14N2O6S. The molecule has 2 rings (SSSR count). The van der Waals surface area contributed by atoms with Crippen LogP contribution in [0.2, 0.25) is 0 Å². The summed E-state index contributed by atoms with van der Waals surface area (Å²) < 4.78 is 30.7. The minimum atomic E-state index is -3.97. The van der Waals surface area contributed by atoms with E-state index >= 15 is 0 Å². The summed E-state index contributed by atoms with van der Waals surface area (Å²) in [6.07, 6.45) is 0.911. The highest BCUT2D eigenvalue weighted by Crippen LogP contribution is 2.28. The molecule has 1 atom stereocenters. The summed E-state index contributed by atoms with van der Waals surface area (Å²) in [6.45, 7) is 0.185. The number of carbonyl (C=O) groups is 1. The molecule has 1 aromatic carbocycles. The van der Waals surface area contributed by atoms with Gasteiger partial charge in [0.05, 0.1) is 16.9 Å². The number of carbonyl (C=O) groups excluding carboxylic acids is 1. The molecule has 0 unspecified atom stereocenters. The first-order chi connectivity index (χ1) is 9.87. The molecule has 1 aliphatic heterocycles. The fourth-order valence-electron chi connectivity index (χ4n) is 2.29. The number of rotatable bonds is 4. The second-order valence-corrected chi connectivity index (χ2v) is 6.44. The van der Waals surface area contributed by atoms with E-state index in [1.807, 2.05) is 0 Å². The van der Waals surface area contributed by atoms with Crippen molar-refractivity contribution in [3.63, 3.8) is 0 Å². The smallest absolute Gasteiger partial charge is 0.324 e. The standard InChI is InChI=1S/C12H14N2O6S/c1-20-12(15)11-6-3-7-13(11)21(18,19)10-5-2-4-9(8-10)14(16)17/h2,4-5,8,11H,3,6-7H2,1H3/t11-/m0/s1. The van der Waals surface area contributed by atoms with Gasteiger partial charge in [0.15, 0.2) is 0 Å². The number of nitro groups is 1. The number of nitrogens with zero attached hydrogens (tertiary/aromatic N) is 2. The Morgan fingerprint density at radius 3 is 2.81 bits per heavy atom. The van der Waals surface area contributed by atoms with Crippen LogP contribution >= 0.6 is 0 Å². The van der Waals surface area contributed by atoms with Gasteiger partial charge in [-0.1, -0.05) is 6.07 Å². The second-order valence-electron chi connectivity index (χ2n) is 4.55. The lowest BCUT2D eigenvalue weighted by molar-refractivity contribution is -0.385. The van der Waals surface area contributed by atoms with Crippen LogP contribution in [-0.2, 0) is 19.6 Å². The Labute approximate surface area is 121 Å². The number of esters is 1. The third-order valence-electron chi connectivity index (χ3n) is 3.31. The number of ether oxygens (including phenoxy) is 1. The minimum absolute atomic E-state index is 0.185. The fraction of sp³-hybridized carbons (Fsp3) is 0.417. The number of nitro benzene ring substituents is 1. The van der Waals surface area contributed by atoms with E-state index in [4.69, 9.17) is 0 Å². The van der Waals surface area contributed by atoms with Crippen LogP contribution in [0.25, 0.3) is 0 Å². The molecule has 1 saturated heterocycles. The van der Waals surface area contributed by atoms with Crippen molar-refractivity contribution in [2.24, 2.45) is 0 Å². The molecule has 0 bridgehead atoms. The molecule has 21 heavy (non-hydrogen) atoms. The average Bonchev–Trinajstić information content (AvgIpc) is 2.96. The maximum Gasteiger partial charge on any atom is 0.324 e. The van der Waals surface area contributed by atoms with Gasteiger partial charge in [0.25, 0.3) is 5.69 Å². The average molecular weight is 314 g/mol. The Bertz CT molecular complexity index is 672. The predicted molar refractivity (Wildman–Crippen MR) is 72.0 cm³/mol. The Morgan fingerprint density at radius 2 is 2.19 bits per heavy atom. The summed E-state index contributed by atoms with van der Waals surface area (Å²) in [6, 6.07) is 3.89. The van der Waals surface area contributed by atoms with Crippen LogP contribution in [0.4, 0.5) is 5.69 Å². The predicted octanol–water partition coefficient (Wildman–Crippen LogP) is 0.921. The Balaban J connectivity index is 2.40. The van der Waals surface area contributed by atoms with Crippen LogP contribution in [0, 0.1) is 10.1 Å². The lowest BCUT2D eigenvalue weighted by atomic mass is 10.2. The van der Waals surface area contributed by atoms with Gasteiger partial charge in [-0.05, 0) is 18.9 Å². The molecule has 0 radical (unpaired) electrons. The minimum Gasteiger partial charge on any atom is -0.468 e. The zero-order valence-corrected chi connectivity index (χ0v) is 12.1. The Hall–Kier alpha value is -2.00. The van der Waals surface area contributed by atoms with Crippen LogP contribution < -0.4 is 0 Å². The number of hydrogen-bond acceptors (Lipinski definition) is 6. The molecule has 0 amide bonds. The maximum atomic E-state index is 12.5. The molecule has 8 nitrogen and oxygen atoms in total. The van der Waals surface area contributed by atoms with Crippen molar-refractivity contribution in [1.82, 2.24) is 4.31 Å². The van der Waals surface area contributed by atoms with Crippen molar-refractivity contribution in [1.29, 1.82) is 0 Å². The van der Waals surface area contributed by atoms with Crippen molar-refractivity contribution in [2.45, 2.75) is 23.8 Å². The first-order valence-corrected chi connectivity index (χ1v) is 7.66. The van der Waals surface area contributed by atoms with Crippen molar-refractivity contribution in [3.8, 4) is 0 Å². The van der Waals surface area contributed by atoms with Crippen molar-refractivity contribution in [3.05, 3.63) is 34.4 Å². The molecule has 0 spiro atoms. The van der Waals surface area contributed by atoms with E-state index in [9.17, 15) is 23.3 Å². The highest BCUT2D eigenvalue weighted by atomic mass is 32.2. The number of hydrogen-bond donors (Lipinski definition) is 0. The van der Waals surface area contributed by atoms with Crippen LogP contribution in [-0.4, -0.2) is 43.3 Å². The summed E-state index contributed by atoms with van der Waals surface area (Å²) in [4.78, 5) is 21.5. The fourth-order valence-corrected chi connectivity index (χ4v) is 3.98. The first kappa shape index (κ1) is 15.4. The summed E-state index contributed by atoms with van der Waals surface area (Å²) in [5.41, 5.74) is -0.315. The van der Waals surface area contributed by atoms with Gasteiger partial charge >= 0.3 is 5.97 Å². The number of benzene rings is 1. The van der Waals surface area contributed by atoms with Gasteiger partial charge in [-0.2, -0.15) is 4.31 Å². The quantitative estimate of drug-likeness (QED) is 0.464. The van der Waals surface area contributed by atoms with Gasteiger partial charge < -0.3 is 4.74 Å². The molecule has 1 heterocycles. The molecule has 0 aromatic heterocycles. The number of non-ortho nitro benzene ring substituents is 1. The number of sulfonamides is 1. The Kier molecular flexibility index (Phi) is 4.24. The lowest BCUT2D eigenvalue weighted by Crippen LogP contribution is -2.41. The van der Waals surface area contributed by atoms with Gasteiger partial charge in [0, 0.05) is 18.7 Å². The molecular weight excluding hydrogens is 300 g/mol. The highest BCUT2D eigenvalue weighted by molar-refractivity contribution is 7.89. The van der Waals surface area contributed by atoms with E-state index in [1.165, 1.54) is 25.3 Å². The van der Waals surface area contributed by atoms with Crippen LogP contribution in [0.15, 0.2) is 29.2 Å². The second kappa shape index (κ2) is 5.78. The zero-order chi connectivity index (χ0) is 15.6. The Morgan fingerprint density at radius 1 is 1.48 bits per heavy atom. The van der Waals surface area contributed by atoms with E-state index in [0.29, 0.717) is 12.8 Å². The zero-order valence-electron chi connectivity index (χ0n) is 11.3. The maximum absolute atomic E-state index is 12.5. The third kappa shape index (κ3) is 2.88. The van der Waals surface area contributed by atoms with E-state index < -0.39 is 27.0 Å². The highest BCUT2D eigenvalue weighted by Gasteiger charge is 2.40. The van der Waals surface area contributed by atoms with Gasteiger partial charge in [0.2, 0.25) is 10.0 Å². The van der Waals surface area contributed by atoms with E-state index in [2.05, 4.69) is 4.74 Å².